The number of amides is 1. The molecule has 3 rings (SSSR count). The van der Waals surface area contributed by atoms with Gasteiger partial charge < -0.3 is 5.32 Å². The van der Waals surface area contributed by atoms with Crippen molar-refractivity contribution in [2.24, 2.45) is 0 Å². The Labute approximate surface area is 171 Å². The Kier molecular flexibility index (Phi) is 6.24. The van der Waals surface area contributed by atoms with Crippen LogP contribution in [0, 0.1) is 20.8 Å². The Hall–Kier alpha value is -1.83. The summed E-state index contributed by atoms with van der Waals surface area (Å²) in [6.07, 6.45) is 1.04. The van der Waals surface area contributed by atoms with Gasteiger partial charge >= 0.3 is 0 Å². The molecule has 6 nitrogen and oxygen atoms in total. The molecule has 1 amide bonds. The van der Waals surface area contributed by atoms with Gasteiger partial charge in [-0.15, -0.1) is 5.10 Å². The first-order valence-corrected chi connectivity index (χ1v) is 10.2. The standard InChI is InChI=1S/C18H19Cl2N5OS/c1-10-6-7-13(19)16(15(10)20)22-14(26)5-4-8-27-18-23-17-21-11(2)9-12(3)25(17)24-18/h6-7,9H,4-5,8H2,1-3H3,(H,22,26). The van der Waals surface area contributed by atoms with Crippen molar-refractivity contribution in [3.63, 3.8) is 0 Å². The number of nitrogens with one attached hydrogen (secondary N) is 1. The summed E-state index contributed by atoms with van der Waals surface area (Å²) in [5, 5.41) is 8.79. The second-order valence-electron chi connectivity index (χ2n) is 6.20. The van der Waals surface area contributed by atoms with Gasteiger partial charge in [0.05, 0.1) is 15.7 Å². The molecular formula is C18H19Cl2N5OS. The van der Waals surface area contributed by atoms with E-state index in [2.05, 4.69) is 20.4 Å². The molecule has 0 radical (unpaired) electrons. The van der Waals surface area contributed by atoms with Crippen molar-refractivity contribution >= 4 is 52.3 Å². The zero-order valence-corrected chi connectivity index (χ0v) is 17.5. The van der Waals surface area contributed by atoms with E-state index in [0.717, 1.165) is 22.7 Å². The summed E-state index contributed by atoms with van der Waals surface area (Å²) in [7, 11) is 0. The molecule has 0 aliphatic heterocycles. The first-order valence-electron chi connectivity index (χ1n) is 8.43. The molecule has 0 aliphatic rings. The highest BCUT2D eigenvalue weighted by Gasteiger charge is 2.12. The van der Waals surface area contributed by atoms with Crippen molar-refractivity contribution in [3.05, 3.63) is 45.2 Å². The summed E-state index contributed by atoms with van der Waals surface area (Å²) >= 11 is 13.8. The van der Waals surface area contributed by atoms with Crippen LogP contribution in [-0.2, 0) is 4.79 Å². The van der Waals surface area contributed by atoms with Crippen LogP contribution in [0.1, 0.15) is 29.8 Å². The van der Waals surface area contributed by atoms with E-state index in [-0.39, 0.29) is 5.91 Å². The summed E-state index contributed by atoms with van der Waals surface area (Å²) in [6.45, 7) is 5.77. The summed E-state index contributed by atoms with van der Waals surface area (Å²) in [4.78, 5) is 21.0. The van der Waals surface area contributed by atoms with Crippen LogP contribution in [-0.4, -0.2) is 31.2 Å². The van der Waals surface area contributed by atoms with Gasteiger partial charge in [0.25, 0.3) is 5.78 Å². The Morgan fingerprint density at radius 3 is 2.78 bits per heavy atom. The molecule has 0 fully saturated rings. The minimum atomic E-state index is -0.124. The van der Waals surface area contributed by atoms with E-state index in [0.29, 0.717) is 39.5 Å². The smallest absolute Gasteiger partial charge is 0.253 e. The third-order valence-electron chi connectivity index (χ3n) is 3.93. The van der Waals surface area contributed by atoms with E-state index in [9.17, 15) is 4.79 Å². The number of nitrogens with zero attached hydrogens (tertiary/aromatic N) is 4. The molecule has 0 saturated carbocycles. The molecule has 1 aromatic carbocycles. The number of aryl methyl sites for hydroxylation is 3. The molecule has 0 atom stereocenters. The molecule has 27 heavy (non-hydrogen) atoms. The first-order chi connectivity index (χ1) is 12.8. The minimum Gasteiger partial charge on any atom is -0.324 e. The number of anilines is 1. The molecule has 9 heteroatoms. The second kappa shape index (κ2) is 8.46. The molecular weight excluding hydrogens is 405 g/mol. The van der Waals surface area contributed by atoms with E-state index in [4.69, 9.17) is 23.2 Å². The first kappa shape index (κ1) is 19.9. The number of rotatable bonds is 6. The Bertz CT molecular complexity index is 1010. The van der Waals surface area contributed by atoms with Gasteiger partial charge in [-0.1, -0.05) is 41.0 Å². The highest BCUT2D eigenvalue weighted by molar-refractivity contribution is 7.99. The molecule has 0 bridgehead atoms. The van der Waals surface area contributed by atoms with Crippen molar-refractivity contribution < 1.29 is 4.79 Å². The van der Waals surface area contributed by atoms with Gasteiger partial charge in [-0.2, -0.15) is 4.98 Å². The zero-order valence-electron chi connectivity index (χ0n) is 15.2. The van der Waals surface area contributed by atoms with Crippen LogP contribution in [0.4, 0.5) is 5.69 Å². The van der Waals surface area contributed by atoms with Crippen LogP contribution in [0.3, 0.4) is 0 Å². The fourth-order valence-corrected chi connectivity index (χ4v) is 3.80. The fourth-order valence-electron chi connectivity index (χ4n) is 2.58. The van der Waals surface area contributed by atoms with E-state index in [1.165, 1.54) is 11.8 Å². The summed E-state index contributed by atoms with van der Waals surface area (Å²) in [6, 6.07) is 5.50. The predicted octanol–water partition coefficient (Wildman–Crippen LogP) is 4.87. The number of hydrogen-bond donors (Lipinski definition) is 1. The van der Waals surface area contributed by atoms with E-state index in [1.807, 2.05) is 32.9 Å². The van der Waals surface area contributed by atoms with Crippen molar-refractivity contribution in [2.45, 2.75) is 38.8 Å². The predicted molar refractivity (Wildman–Crippen MR) is 110 cm³/mol. The van der Waals surface area contributed by atoms with Crippen molar-refractivity contribution in [2.75, 3.05) is 11.1 Å². The van der Waals surface area contributed by atoms with Gasteiger partial charge in [-0.25, -0.2) is 9.50 Å². The van der Waals surface area contributed by atoms with Gasteiger partial charge in [0.2, 0.25) is 11.1 Å². The number of thioether (sulfide) groups is 1. The number of carbonyl (C=O) groups is 1. The maximum Gasteiger partial charge on any atom is 0.253 e. The van der Waals surface area contributed by atoms with Crippen LogP contribution < -0.4 is 5.32 Å². The van der Waals surface area contributed by atoms with Crippen LogP contribution in [0.5, 0.6) is 0 Å². The Balaban J connectivity index is 1.53. The third-order valence-corrected chi connectivity index (χ3v) is 5.65. The monoisotopic (exact) mass is 423 g/mol. The van der Waals surface area contributed by atoms with E-state index < -0.39 is 0 Å². The lowest BCUT2D eigenvalue weighted by molar-refractivity contribution is -0.116. The fraction of sp³-hybridized carbons (Fsp3) is 0.333. The third kappa shape index (κ3) is 4.72. The van der Waals surface area contributed by atoms with E-state index in [1.54, 1.807) is 10.6 Å². The number of aromatic nitrogens is 4. The maximum absolute atomic E-state index is 12.2. The average molecular weight is 424 g/mol. The van der Waals surface area contributed by atoms with Crippen molar-refractivity contribution in [3.8, 4) is 0 Å². The van der Waals surface area contributed by atoms with Gasteiger partial charge in [0.1, 0.15) is 0 Å². The number of hydrogen-bond acceptors (Lipinski definition) is 5. The van der Waals surface area contributed by atoms with Gasteiger partial charge in [0, 0.05) is 23.6 Å². The molecule has 3 aromatic rings. The van der Waals surface area contributed by atoms with Crippen molar-refractivity contribution in [1.29, 1.82) is 0 Å². The van der Waals surface area contributed by atoms with Gasteiger partial charge in [-0.05, 0) is 44.9 Å². The normalized spacial score (nSPS) is 11.1. The zero-order chi connectivity index (χ0) is 19.6. The van der Waals surface area contributed by atoms with Gasteiger partial charge in [-0.3, -0.25) is 4.79 Å². The lowest BCUT2D eigenvalue weighted by Crippen LogP contribution is -2.12. The molecule has 2 heterocycles. The minimum absolute atomic E-state index is 0.124. The molecule has 142 valence electrons. The summed E-state index contributed by atoms with van der Waals surface area (Å²) in [5.41, 5.74) is 3.23. The van der Waals surface area contributed by atoms with Crippen LogP contribution >= 0.6 is 35.0 Å². The number of benzene rings is 1. The maximum atomic E-state index is 12.2. The number of carbonyl (C=O) groups excluding carboxylic acids is 1. The van der Waals surface area contributed by atoms with Crippen LogP contribution in [0.25, 0.3) is 5.78 Å². The summed E-state index contributed by atoms with van der Waals surface area (Å²) < 4.78 is 1.73. The summed E-state index contributed by atoms with van der Waals surface area (Å²) in [5.74, 6) is 1.19. The topological polar surface area (TPSA) is 72.2 Å². The van der Waals surface area contributed by atoms with Gasteiger partial charge in [0.15, 0.2) is 0 Å². The SMILES string of the molecule is Cc1cc(C)n2nc(SCCCC(=O)Nc3c(Cl)ccc(C)c3Cl)nc2n1. The Morgan fingerprint density at radius 1 is 1.22 bits per heavy atom. The lowest BCUT2D eigenvalue weighted by Gasteiger charge is -2.10. The molecule has 1 N–H and O–H groups in total. The van der Waals surface area contributed by atoms with E-state index >= 15 is 0 Å². The van der Waals surface area contributed by atoms with Crippen LogP contribution in [0.15, 0.2) is 23.4 Å². The molecule has 0 spiro atoms. The Morgan fingerprint density at radius 2 is 2.00 bits per heavy atom. The number of fused-ring (bicyclic) bond motifs is 1. The highest BCUT2D eigenvalue weighted by atomic mass is 35.5. The number of halogens is 2. The largest absolute Gasteiger partial charge is 0.324 e. The molecule has 0 unspecified atom stereocenters. The lowest BCUT2D eigenvalue weighted by atomic mass is 10.2. The van der Waals surface area contributed by atoms with Crippen molar-refractivity contribution in [1.82, 2.24) is 19.6 Å². The average Bonchev–Trinajstić information content (AvgIpc) is 3.02. The molecule has 0 aliphatic carbocycles. The molecule has 0 saturated heterocycles. The second-order valence-corrected chi connectivity index (χ2v) is 8.05. The molecule has 2 aromatic heterocycles. The highest BCUT2D eigenvalue weighted by Crippen LogP contribution is 2.33. The van der Waals surface area contributed by atoms with Crippen LogP contribution in [0.2, 0.25) is 10.0 Å². The quantitative estimate of drug-likeness (QED) is 0.452.